The minimum Gasteiger partial charge on any atom is -0.491 e. The molecule has 0 aliphatic heterocycles. The molecule has 0 atom stereocenters. The summed E-state index contributed by atoms with van der Waals surface area (Å²) in [7, 11) is 0. The Morgan fingerprint density at radius 1 is 1.00 bits per heavy atom. The summed E-state index contributed by atoms with van der Waals surface area (Å²) >= 11 is 0. The minimum atomic E-state index is -0.198. The maximum atomic E-state index is 12.2. The largest absolute Gasteiger partial charge is 0.491 e. The molecule has 1 aromatic heterocycles. The van der Waals surface area contributed by atoms with Gasteiger partial charge < -0.3 is 15.4 Å². The van der Waals surface area contributed by atoms with Gasteiger partial charge in [0.25, 0.3) is 0 Å². The van der Waals surface area contributed by atoms with Crippen LogP contribution in [-0.4, -0.2) is 21.9 Å². The molecule has 3 rings (SSSR count). The number of carbonyl (C=O) groups excluding carboxylic acids is 1. The Labute approximate surface area is 165 Å². The number of amides is 2. The van der Waals surface area contributed by atoms with Crippen LogP contribution < -0.4 is 15.4 Å². The lowest BCUT2D eigenvalue weighted by atomic mass is 10.1. The zero-order valence-electron chi connectivity index (χ0n) is 16.3. The first-order valence-electron chi connectivity index (χ1n) is 9.41. The fourth-order valence-electron chi connectivity index (χ4n) is 2.83. The molecule has 0 unspecified atom stereocenters. The molecule has 6 heteroatoms. The molecule has 0 aliphatic rings. The van der Waals surface area contributed by atoms with Gasteiger partial charge in [-0.15, -0.1) is 0 Å². The third-order valence-corrected chi connectivity index (χ3v) is 4.20. The summed E-state index contributed by atoms with van der Waals surface area (Å²) in [6, 6.07) is 17.5. The third-order valence-electron chi connectivity index (χ3n) is 4.20. The normalized spacial score (nSPS) is 10.7. The molecule has 146 valence electrons. The standard InChI is InChI=1S/C22H26N4O2/c1-17(2)28-21-10-8-18(9-11-21)14-23-22(27)24-15-19-6-3-4-7-20(19)16-26-13-5-12-25-26/h3-13,17H,14-16H2,1-2H3,(H2,23,24,27). The summed E-state index contributed by atoms with van der Waals surface area (Å²) in [6.45, 7) is 5.59. The van der Waals surface area contributed by atoms with Crippen molar-refractivity contribution in [3.8, 4) is 5.75 Å². The molecule has 0 spiro atoms. The molecule has 2 aromatic carbocycles. The molecule has 6 nitrogen and oxygen atoms in total. The second-order valence-corrected chi connectivity index (χ2v) is 6.82. The van der Waals surface area contributed by atoms with Gasteiger partial charge in [-0.2, -0.15) is 5.10 Å². The molecule has 1 heterocycles. The van der Waals surface area contributed by atoms with Crippen molar-refractivity contribution >= 4 is 6.03 Å². The summed E-state index contributed by atoms with van der Waals surface area (Å²) < 4.78 is 7.49. The van der Waals surface area contributed by atoms with Gasteiger partial charge in [0.2, 0.25) is 0 Å². The Kier molecular flexibility index (Phi) is 6.68. The first-order valence-corrected chi connectivity index (χ1v) is 9.41. The fourth-order valence-corrected chi connectivity index (χ4v) is 2.83. The number of nitrogens with zero attached hydrogens (tertiary/aromatic N) is 2. The van der Waals surface area contributed by atoms with Crippen molar-refractivity contribution in [2.75, 3.05) is 0 Å². The van der Waals surface area contributed by atoms with Crippen LogP contribution >= 0.6 is 0 Å². The Balaban J connectivity index is 1.48. The number of carbonyl (C=O) groups is 1. The second kappa shape index (κ2) is 9.60. The van der Waals surface area contributed by atoms with E-state index >= 15 is 0 Å². The summed E-state index contributed by atoms with van der Waals surface area (Å²) in [5, 5.41) is 10.0. The van der Waals surface area contributed by atoms with Gasteiger partial charge in [-0.1, -0.05) is 36.4 Å². The Hall–Kier alpha value is -3.28. The molecule has 0 aliphatic carbocycles. The van der Waals surface area contributed by atoms with Crippen LogP contribution in [0.3, 0.4) is 0 Å². The highest BCUT2D eigenvalue weighted by molar-refractivity contribution is 5.73. The Morgan fingerprint density at radius 2 is 1.71 bits per heavy atom. The van der Waals surface area contributed by atoms with Gasteiger partial charge in [-0.3, -0.25) is 4.68 Å². The zero-order chi connectivity index (χ0) is 19.8. The topological polar surface area (TPSA) is 68.2 Å². The van der Waals surface area contributed by atoms with E-state index in [9.17, 15) is 4.79 Å². The van der Waals surface area contributed by atoms with Crippen molar-refractivity contribution in [1.82, 2.24) is 20.4 Å². The van der Waals surface area contributed by atoms with E-state index in [0.717, 1.165) is 22.4 Å². The quantitative estimate of drug-likeness (QED) is 0.628. The molecule has 2 amide bonds. The predicted molar refractivity (Wildman–Crippen MR) is 109 cm³/mol. The third kappa shape index (κ3) is 5.87. The van der Waals surface area contributed by atoms with Crippen LogP contribution in [0.2, 0.25) is 0 Å². The van der Waals surface area contributed by atoms with Gasteiger partial charge in [-0.25, -0.2) is 4.79 Å². The summed E-state index contributed by atoms with van der Waals surface area (Å²) in [6.07, 6.45) is 3.83. The minimum absolute atomic E-state index is 0.144. The van der Waals surface area contributed by atoms with Gasteiger partial charge in [0, 0.05) is 25.5 Å². The van der Waals surface area contributed by atoms with Gasteiger partial charge >= 0.3 is 6.03 Å². The average Bonchev–Trinajstić information content (AvgIpc) is 3.19. The highest BCUT2D eigenvalue weighted by Gasteiger charge is 2.06. The molecule has 2 N–H and O–H groups in total. The van der Waals surface area contributed by atoms with E-state index in [1.54, 1.807) is 6.20 Å². The van der Waals surface area contributed by atoms with Crippen molar-refractivity contribution in [3.05, 3.63) is 83.7 Å². The van der Waals surface area contributed by atoms with Gasteiger partial charge in [0.15, 0.2) is 0 Å². The van der Waals surface area contributed by atoms with Crippen LogP contribution in [0.5, 0.6) is 5.75 Å². The maximum Gasteiger partial charge on any atom is 0.315 e. The summed E-state index contributed by atoms with van der Waals surface area (Å²) in [5.41, 5.74) is 3.22. The van der Waals surface area contributed by atoms with Crippen molar-refractivity contribution < 1.29 is 9.53 Å². The van der Waals surface area contributed by atoms with E-state index in [2.05, 4.69) is 21.8 Å². The van der Waals surface area contributed by atoms with Gasteiger partial charge in [0.1, 0.15) is 5.75 Å². The van der Waals surface area contributed by atoms with Crippen molar-refractivity contribution in [2.24, 2.45) is 0 Å². The van der Waals surface area contributed by atoms with Crippen molar-refractivity contribution in [2.45, 2.75) is 39.6 Å². The molecular weight excluding hydrogens is 352 g/mol. The molecule has 0 saturated heterocycles. The van der Waals surface area contributed by atoms with Crippen molar-refractivity contribution in [1.29, 1.82) is 0 Å². The van der Waals surface area contributed by atoms with Crippen LogP contribution in [0, 0.1) is 0 Å². The molecule has 28 heavy (non-hydrogen) atoms. The number of nitrogens with one attached hydrogen (secondary N) is 2. The summed E-state index contributed by atoms with van der Waals surface area (Å²) in [4.78, 5) is 12.2. The highest BCUT2D eigenvalue weighted by atomic mass is 16.5. The first-order chi connectivity index (χ1) is 13.6. The van der Waals surface area contributed by atoms with Gasteiger partial charge in [-0.05, 0) is 48.7 Å². The number of hydrogen-bond donors (Lipinski definition) is 2. The molecule has 0 fully saturated rings. The van der Waals surface area contributed by atoms with E-state index in [0.29, 0.717) is 19.6 Å². The van der Waals surface area contributed by atoms with E-state index in [1.165, 1.54) is 0 Å². The van der Waals surface area contributed by atoms with Crippen LogP contribution in [0.4, 0.5) is 4.79 Å². The van der Waals surface area contributed by atoms with Gasteiger partial charge in [0.05, 0.1) is 12.6 Å². The SMILES string of the molecule is CC(C)Oc1ccc(CNC(=O)NCc2ccccc2Cn2cccn2)cc1. The number of aromatic nitrogens is 2. The number of urea groups is 1. The number of ether oxygens (including phenoxy) is 1. The van der Waals surface area contributed by atoms with Crippen LogP contribution in [0.25, 0.3) is 0 Å². The van der Waals surface area contributed by atoms with E-state index in [1.807, 2.05) is 73.3 Å². The molecule has 0 bridgehead atoms. The zero-order valence-corrected chi connectivity index (χ0v) is 16.3. The lowest BCUT2D eigenvalue weighted by molar-refractivity contribution is 0.240. The predicted octanol–water partition coefficient (Wildman–Crippen LogP) is 3.72. The smallest absolute Gasteiger partial charge is 0.315 e. The van der Waals surface area contributed by atoms with E-state index < -0.39 is 0 Å². The monoisotopic (exact) mass is 378 g/mol. The maximum absolute atomic E-state index is 12.2. The molecular formula is C22H26N4O2. The molecule has 0 radical (unpaired) electrons. The lowest BCUT2D eigenvalue weighted by Crippen LogP contribution is -2.34. The number of benzene rings is 2. The van der Waals surface area contributed by atoms with E-state index in [4.69, 9.17) is 4.74 Å². The number of hydrogen-bond acceptors (Lipinski definition) is 3. The Bertz CT molecular complexity index is 874. The first kappa shape index (κ1) is 19.5. The fraction of sp³-hybridized carbons (Fsp3) is 0.273. The van der Waals surface area contributed by atoms with E-state index in [-0.39, 0.29) is 12.1 Å². The summed E-state index contributed by atoms with van der Waals surface area (Å²) in [5.74, 6) is 0.831. The van der Waals surface area contributed by atoms with Crippen LogP contribution in [0.1, 0.15) is 30.5 Å². The molecule has 3 aromatic rings. The Morgan fingerprint density at radius 3 is 2.39 bits per heavy atom. The van der Waals surface area contributed by atoms with Crippen LogP contribution in [-0.2, 0) is 19.6 Å². The average molecular weight is 378 g/mol. The highest BCUT2D eigenvalue weighted by Crippen LogP contribution is 2.14. The number of rotatable bonds is 8. The van der Waals surface area contributed by atoms with Crippen LogP contribution in [0.15, 0.2) is 67.0 Å². The van der Waals surface area contributed by atoms with Crippen molar-refractivity contribution in [3.63, 3.8) is 0 Å². The second-order valence-electron chi connectivity index (χ2n) is 6.82. The molecule has 0 saturated carbocycles. The lowest BCUT2D eigenvalue weighted by Gasteiger charge is -2.12.